The van der Waals surface area contributed by atoms with E-state index in [4.69, 9.17) is 14.6 Å². The summed E-state index contributed by atoms with van der Waals surface area (Å²) in [4.78, 5) is 36.2. The number of methoxy groups -OCH3 is 1. The van der Waals surface area contributed by atoms with E-state index in [1.807, 2.05) is 24.3 Å². The van der Waals surface area contributed by atoms with E-state index in [2.05, 4.69) is 34.9 Å². The van der Waals surface area contributed by atoms with Gasteiger partial charge in [-0.05, 0) is 41.5 Å². The molecule has 8 nitrogen and oxygen atoms in total. The molecule has 0 bridgehead atoms. The van der Waals surface area contributed by atoms with Crippen LogP contribution in [0.2, 0.25) is 0 Å². The van der Waals surface area contributed by atoms with E-state index in [0.29, 0.717) is 6.42 Å². The molecule has 1 fully saturated rings. The number of carbonyl (C=O) groups excluding carboxylic acids is 2. The van der Waals surface area contributed by atoms with E-state index in [1.165, 1.54) is 18.2 Å². The molecule has 186 valence electrons. The van der Waals surface area contributed by atoms with E-state index in [9.17, 15) is 14.4 Å². The SMILES string of the molecule is COC(CCNC(=O)[C@@H]1CCC[C@@H](NC(=O)OCC2c3ccccc3-c3ccccc32)C1)C(=O)O. The molecule has 0 aliphatic heterocycles. The molecule has 0 aromatic heterocycles. The minimum Gasteiger partial charge on any atom is -0.479 e. The van der Waals surface area contributed by atoms with Crippen LogP contribution in [0.1, 0.15) is 49.1 Å². The van der Waals surface area contributed by atoms with Gasteiger partial charge in [-0.2, -0.15) is 0 Å². The third-order valence-corrected chi connectivity index (χ3v) is 6.98. The Labute approximate surface area is 205 Å². The highest BCUT2D eigenvalue weighted by molar-refractivity contribution is 5.80. The molecular formula is C27H32N2O6. The molecule has 1 unspecified atom stereocenters. The summed E-state index contributed by atoms with van der Waals surface area (Å²) in [5.74, 6) is -1.40. The van der Waals surface area contributed by atoms with Crippen molar-refractivity contribution in [1.82, 2.24) is 10.6 Å². The van der Waals surface area contributed by atoms with Crippen molar-refractivity contribution in [3.63, 3.8) is 0 Å². The number of carbonyl (C=O) groups is 3. The molecule has 2 amide bonds. The lowest BCUT2D eigenvalue weighted by Gasteiger charge is -2.29. The van der Waals surface area contributed by atoms with E-state index in [1.54, 1.807) is 0 Å². The topological polar surface area (TPSA) is 114 Å². The van der Waals surface area contributed by atoms with Crippen LogP contribution < -0.4 is 10.6 Å². The summed E-state index contributed by atoms with van der Waals surface area (Å²) < 4.78 is 10.5. The minimum absolute atomic E-state index is 0.000221. The first-order valence-corrected chi connectivity index (χ1v) is 12.1. The van der Waals surface area contributed by atoms with Crippen LogP contribution in [0.15, 0.2) is 48.5 Å². The molecule has 3 atom stereocenters. The monoisotopic (exact) mass is 480 g/mol. The fourth-order valence-corrected chi connectivity index (χ4v) is 5.18. The number of benzene rings is 2. The molecule has 2 aliphatic carbocycles. The Kier molecular flexibility index (Phi) is 8.02. The number of aliphatic carboxylic acids is 1. The zero-order valence-electron chi connectivity index (χ0n) is 19.9. The maximum atomic E-state index is 12.6. The number of hydrogen-bond acceptors (Lipinski definition) is 5. The number of fused-ring (bicyclic) bond motifs is 3. The first kappa shape index (κ1) is 24.7. The second-order valence-electron chi connectivity index (χ2n) is 9.17. The van der Waals surface area contributed by atoms with Gasteiger partial charge in [-0.15, -0.1) is 0 Å². The smallest absolute Gasteiger partial charge is 0.407 e. The molecule has 35 heavy (non-hydrogen) atoms. The molecular weight excluding hydrogens is 448 g/mol. The fraction of sp³-hybridized carbons (Fsp3) is 0.444. The van der Waals surface area contributed by atoms with Crippen molar-refractivity contribution in [2.75, 3.05) is 20.3 Å². The van der Waals surface area contributed by atoms with Gasteiger partial charge in [-0.25, -0.2) is 9.59 Å². The lowest BCUT2D eigenvalue weighted by Crippen LogP contribution is -2.43. The van der Waals surface area contributed by atoms with Gasteiger partial charge in [0.05, 0.1) is 0 Å². The zero-order valence-corrected chi connectivity index (χ0v) is 19.9. The number of alkyl carbamates (subject to hydrolysis) is 1. The predicted molar refractivity (Wildman–Crippen MR) is 130 cm³/mol. The highest BCUT2D eigenvalue weighted by Gasteiger charge is 2.31. The maximum absolute atomic E-state index is 12.6. The molecule has 0 saturated heterocycles. The standard InChI is InChI=1S/C27H32N2O6/c1-34-24(26(31)32)13-14-28-25(30)17-7-6-8-18(15-17)29-27(33)35-16-23-21-11-4-2-9-19(21)20-10-3-5-12-22(20)23/h2-5,9-12,17-18,23-24H,6-8,13-16H2,1H3,(H,28,30)(H,29,33)(H,31,32)/t17-,18-,24?/m1/s1. The van der Waals surface area contributed by atoms with Crippen molar-refractivity contribution >= 4 is 18.0 Å². The van der Waals surface area contributed by atoms with E-state index < -0.39 is 18.2 Å². The normalized spacial score (nSPS) is 19.8. The van der Waals surface area contributed by atoms with Crippen LogP contribution >= 0.6 is 0 Å². The third-order valence-electron chi connectivity index (χ3n) is 6.98. The van der Waals surface area contributed by atoms with Crippen LogP contribution in [0.5, 0.6) is 0 Å². The third kappa shape index (κ3) is 5.82. The average Bonchev–Trinajstić information content (AvgIpc) is 3.19. The number of carboxylic acid groups (broad SMARTS) is 1. The molecule has 1 saturated carbocycles. The van der Waals surface area contributed by atoms with Crippen LogP contribution in [-0.2, 0) is 19.1 Å². The number of amides is 2. The van der Waals surface area contributed by atoms with E-state index in [0.717, 1.165) is 30.4 Å². The van der Waals surface area contributed by atoms with Crippen molar-refractivity contribution in [2.24, 2.45) is 5.92 Å². The van der Waals surface area contributed by atoms with Gasteiger partial charge in [0.1, 0.15) is 6.61 Å². The first-order valence-electron chi connectivity index (χ1n) is 12.1. The Hall–Kier alpha value is -3.39. The summed E-state index contributed by atoms with van der Waals surface area (Å²) in [6.07, 6.45) is 1.67. The molecule has 2 aromatic rings. The number of rotatable bonds is 9. The zero-order chi connectivity index (χ0) is 24.8. The van der Waals surface area contributed by atoms with Crippen LogP contribution in [0.3, 0.4) is 0 Å². The van der Waals surface area contributed by atoms with Crippen molar-refractivity contribution in [2.45, 2.75) is 50.2 Å². The van der Waals surface area contributed by atoms with Gasteiger partial charge < -0.3 is 25.2 Å². The Balaban J connectivity index is 1.26. The Morgan fingerprint density at radius 3 is 2.31 bits per heavy atom. The largest absolute Gasteiger partial charge is 0.479 e. The lowest BCUT2D eigenvalue weighted by molar-refractivity contribution is -0.149. The summed E-state index contributed by atoms with van der Waals surface area (Å²) in [5, 5.41) is 14.8. The molecule has 4 rings (SSSR count). The van der Waals surface area contributed by atoms with Crippen LogP contribution in [0.25, 0.3) is 11.1 Å². The maximum Gasteiger partial charge on any atom is 0.407 e. The summed E-state index contributed by atoms with van der Waals surface area (Å²) in [6.45, 7) is 0.478. The Bertz CT molecular complexity index is 1030. The average molecular weight is 481 g/mol. The summed E-state index contributed by atoms with van der Waals surface area (Å²) >= 11 is 0. The molecule has 8 heteroatoms. The van der Waals surface area contributed by atoms with Gasteiger partial charge in [0, 0.05) is 38.0 Å². The Morgan fingerprint density at radius 2 is 1.69 bits per heavy atom. The Morgan fingerprint density at radius 1 is 1.03 bits per heavy atom. The molecule has 2 aliphatic rings. The highest BCUT2D eigenvalue weighted by Crippen LogP contribution is 2.44. The summed E-state index contributed by atoms with van der Waals surface area (Å²) in [6, 6.07) is 16.3. The van der Waals surface area contributed by atoms with Crippen LogP contribution in [-0.4, -0.2) is 55.5 Å². The number of ether oxygens (including phenoxy) is 2. The lowest BCUT2D eigenvalue weighted by atomic mass is 9.85. The second kappa shape index (κ2) is 11.4. The van der Waals surface area contributed by atoms with Crippen molar-refractivity contribution in [3.8, 4) is 11.1 Å². The number of nitrogens with one attached hydrogen (secondary N) is 2. The van der Waals surface area contributed by atoms with Gasteiger partial charge in [-0.1, -0.05) is 55.0 Å². The second-order valence-corrected chi connectivity index (χ2v) is 9.17. The van der Waals surface area contributed by atoms with Gasteiger partial charge in [0.2, 0.25) is 5.91 Å². The van der Waals surface area contributed by atoms with Gasteiger partial charge in [-0.3, -0.25) is 4.79 Å². The van der Waals surface area contributed by atoms with Gasteiger partial charge >= 0.3 is 12.1 Å². The summed E-state index contributed by atoms with van der Waals surface area (Å²) in [7, 11) is 1.33. The van der Waals surface area contributed by atoms with Crippen LogP contribution in [0.4, 0.5) is 4.79 Å². The van der Waals surface area contributed by atoms with Gasteiger partial charge in [0.15, 0.2) is 6.10 Å². The van der Waals surface area contributed by atoms with E-state index >= 15 is 0 Å². The van der Waals surface area contributed by atoms with Crippen molar-refractivity contribution < 1.29 is 29.0 Å². The van der Waals surface area contributed by atoms with Crippen molar-refractivity contribution in [1.29, 1.82) is 0 Å². The van der Waals surface area contributed by atoms with Crippen LogP contribution in [0, 0.1) is 5.92 Å². The first-order chi connectivity index (χ1) is 17.0. The number of carboxylic acids is 1. The number of hydrogen-bond donors (Lipinski definition) is 3. The molecule has 0 spiro atoms. The molecule has 2 aromatic carbocycles. The predicted octanol–water partition coefficient (Wildman–Crippen LogP) is 3.69. The molecule has 0 radical (unpaired) electrons. The van der Waals surface area contributed by atoms with Crippen molar-refractivity contribution in [3.05, 3.63) is 59.7 Å². The highest BCUT2D eigenvalue weighted by atomic mass is 16.5. The summed E-state index contributed by atoms with van der Waals surface area (Å²) in [5.41, 5.74) is 4.68. The molecule has 0 heterocycles. The molecule has 3 N–H and O–H groups in total. The van der Waals surface area contributed by atoms with E-state index in [-0.39, 0.29) is 43.4 Å². The quantitative estimate of drug-likeness (QED) is 0.504. The van der Waals surface area contributed by atoms with Gasteiger partial charge in [0.25, 0.3) is 0 Å². The fourth-order valence-electron chi connectivity index (χ4n) is 5.18. The minimum atomic E-state index is -1.05.